The molecule has 1 amide bonds. The average Bonchev–Trinajstić information content (AvgIpc) is 2.99. The van der Waals surface area contributed by atoms with E-state index >= 15 is 0 Å². The van der Waals surface area contributed by atoms with E-state index in [0.29, 0.717) is 5.92 Å². The molecular weight excluding hydrogens is 202 g/mol. The zero-order chi connectivity index (χ0) is 11.7. The third-order valence-corrected chi connectivity index (χ3v) is 3.70. The van der Waals surface area contributed by atoms with E-state index in [9.17, 15) is 4.79 Å². The topological polar surface area (TPSA) is 49.6 Å². The van der Waals surface area contributed by atoms with Crippen LogP contribution >= 0.6 is 0 Å². The van der Waals surface area contributed by atoms with Gasteiger partial charge in [-0.15, -0.1) is 0 Å². The van der Waals surface area contributed by atoms with E-state index in [0.717, 1.165) is 32.1 Å². The molecule has 2 atom stereocenters. The van der Waals surface area contributed by atoms with Crippen molar-refractivity contribution in [2.75, 3.05) is 26.7 Å². The van der Waals surface area contributed by atoms with E-state index in [1.54, 1.807) is 6.92 Å². The van der Waals surface area contributed by atoms with E-state index in [1.165, 1.54) is 12.8 Å². The minimum absolute atomic E-state index is 0.108. The first kappa shape index (κ1) is 11.9. The Kier molecular flexibility index (Phi) is 3.50. The Morgan fingerprint density at radius 1 is 1.50 bits per heavy atom. The Labute approximate surface area is 97.8 Å². The zero-order valence-corrected chi connectivity index (χ0v) is 10.4. The summed E-state index contributed by atoms with van der Waals surface area (Å²) >= 11 is 0. The van der Waals surface area contributed by atoms with Gasteiger partial charge in [0.2, 0.25) is 5.91 Å². The molecule has 1 heterocycles. The lowest BCUT2D eigenvalue weighted by atomic mass is 10.1. The Balaban J connectivity index is 1.76. The number of nitrogens with zero attached hydrogens (tertiary/aromatic N) is 2. The van der Waals surface area contributed by atoms with Gasteiger partial charge < -0.3 is 15.5 Å². The first-order valence-corrected chi connectivity index (χ1v) is 6.32. The molecule has 2 rings (SSSR count). The van der Waals surface area contributed by atoms with Gasteiger partial charge in [-0.1, -0.05) is 0 Å². The van der Waals surface area contributed by atoms with Gasteiger partial charge in [-0.25, -0.2) is 0 Å². The summed E-state index contributed by atoms with van der Waals surface area (Å²) in [4.78, 5) is 16.1. The molecule has 0 unspecified atom stereocenters. The molecule has 0 aromatic carbocycles. The summed E-state index contributed by atoms with van der Waals surface area (Å²) in [5.41, 5.74) is 5.62. The smallest absolute Gasteiger partial charge is 0.239 e. The molecule has 1 saturated heterocycles. The van der Waals surface area contributed by atoms with Crippen LogP contribution in [0.4, 0.5) is 0 Å². The van der Waals surface area contributed by atoms with Gasteiger partial charge in [0.25, 0.3) is 0 Å². The van der Waals surface area contributed by atoms with Crippen molar-refractivity contribution >= 4 is 5.91 Å². The van der Waals surface area contributed by atoms with Crippen LogP contribution in [0.5, 0.6) is 0 Å². The van der Waals surface area contributed by atoms with Crippen molar-refractivity contribution in [1.82, 2.24) is 9.80 Å². The molecule has 2 aliphatic rings. The van der Waals surface area contributed by atoms with Crippen LogP contribution in [-0.2, 0) is 4.79 Å². The van der Waals surface area contributed by atoms with E-state index in [1.807, 2.05) is 4.90 Å². The zero-order valence-electron chi connectivity index (χ0n) is 10.4. The third-order valence-electron chi connectivity index (χ3n) is 3.70. The molecule has 92 valence electrons. The van der Waals surface area contributed by atoms with Gasteiger partial charge in [-0.05, 0) is 39.2 Å². The third kappa shape index (κ3) is 2.74. The van der Waals surface area contributed by atoms with Gasteiger partial charge in [0.15, 0.2) is 0 Å². The van der Waals surface area contributed by atoms with Crippen molar-refractivity contribution in [2.24, 2.45) is 11.7 Å². The van der Waals surface area contributed by atoms with Gasteiger partial charge in [-0.3, -0.25) is 4.79 Å². The van der Waals surface area contributed by atoms with Crippen LogP contribution in [0, 0.1) is 5.92 Å². The second-order valence-electron chi connectivity index (χ2n) is 5.40. The largest absolute Gasteiger partial charge is 0.341 e. The predicted octanol–water partition coefficient (Wildman–Crippen LogP) is 0.276. The lowest BCUT2D eigenvalue weighted by Gasteiger charge is -2.22. The summed E-state index contributed by atoms with van der Waals surface area (Å²) in [6, 6.07) is 0.470. The molecule has 0 bridgehead atoms. The fourth-order valence-electron chi connectivity index (χ4n) is 2.54. The summed E-state index contributed by atoms with van der Waals surface area (Å²) in [6.45, 7) is 4.69. The first-order chi connectivity index (χ1) is 7.58. The number of hydrogen-bond acceptors (Lipinski definition) is 3. The molecule has 0 radical (unpaired) electrons. The molecule has 0 spiro atoms. The minimum Gasteiger partial charge on any atom is -0.341 e. The summed E-state index contributed by atoms with van der Waals surface area (Å²) in [5.74, 6) is 0.755. The number of hydrogen-bond donors (Lipinski definition) is 1. The van der Waals surface area contributed by atoms with E-state index in [2.05, 4.69) is 11.9 Å². The standard InChI is InChI=1S/C12H23N3O/c1-9(13)12(16)15-6-5-10(8-15)7-14(2)11-3-4-11/h9-11H,3-8,13H2,1-2H3/t9-,10+/m0/s1. The quantitative estimate of drug-likeness (QED) is 0.747. The molecule has 1 saturated carbocycles. The van der Waals surface area contributed by atoms with Crippen LogP contribution in [0.2, 0.25) is 0 Å². The first-order valence-electron chi connectivity index (χ1n) is 6.32. The molecule has 16 heavy (non-hydrogen) atoms. The fraction of sp³-hybridized carbons (Fsp3) is 0.917. The highest BCUT2D eigenvalue weighted by atomic mass is 16.2. The highest BCUT2D eigenvalue weighted by Crippen LogP contribution is 2.27. The van der Waals surface area contributed by atoms with Crippen molar-refractivity contribution in [3.05, 3.63) is 0 Å². The Hall–Kier alpha value is -0.610. The molecule has 2 N–H and O–H groups in total. The highest BCUT2D eigenvalue weighted by Gasteiger charge is 2.32. The maximum Gasteiger partial charge on any atom is 0.239 e. The Bertz CT molecular complexity index is 263. The maximum atomic E-state index is 11.7. The summed E-state index contributed by atoms with van der Waals surface area (Å²) in [6.07, 6.45) is 3.84. The fourth-order valence-corrected chi connectivity index (χ4v) is 2.54. The van der Waals surface area contributed by atoms with Gasteiger partial charge >= 0.3 is 0 Å². The summed E-state index contributed by atoms with van der Waals surface area (Å²) in [5, 5.41) is 0. The van der Waals surface area contributed by atoms with Gasteiger partial charge in [0.05, 0.1) is 6.04 Å². The second kappa shape index (κ2) is 4.72. The number of amides is 1. The normalized spacial score (nSPS) is 27.5. The van der Waals surface area contributed by atoms with Gasteiger partial charge in [-0.2, -0.15) is 0 Å². The van der Waals surface area contributed by atoms with Crippen molar-refractivity contribution in [2.45, 2.75) is 38.3 Å². The molecular formula is C12H23N3O. The Morgan fingerprint density at radius 2 is 2.19 bits per heavy atom. The van der Waals surface area contributed by atoms with Crippen LogP contribution in [0.15, 0.2) is 0 Å². The molecule has 1 aliphatic carbocycles. The lowest BCUT2D eigenvalue weighted by molar-refractivity contribution is -0.131. The highest BCUT2D eigenvalue weighted by molar-refractivity contribution is 5.81. The molecule has 2 fully saturated rings. The molecule has 0 aromatic rings. The van der Waals surface area contributed by atoms with Crippen molar-refractivity contribution in [3.63, 3.8) is 0 Å². The van der Waals surface area contributed by atoms with E-state index in [-0.39, 0.29) is 11.9 Å². The van der Waals surface area contributed by atoms with E-state index in [4.69, 9.17) is 5.73 Å². The number of nitrogens with two attached hydrogens (primary N) is 1. The number of rotatable bonds is 4. The molecule has 4 nitrogen and oxygen atoms in total. The van der Waals surface area contributed by atoms with Crippen LogP contribution in [-0.4, -0.2) is 54.5 Å². The van der Waals surface area contributed by atoms with Gasteiger partial charge in [0.1, 0.15) is 0 Å². The number of carbonyl (C=O) groups excluding carboxylic acids is 1. The van der Waals surface area contributed by atoms with Gasteiger partial charge in [0, 0.05) is 25.7 Å². The SMILES string of the molecule is C[C@H](N)C(=O)N1CC[C@H](CN(C)C2CC2)C1. The number of carbonyl (C=O) groups is 1. The van der Waals surface area contributed by atoms with Crippen molar-refractivity contribution < 1.29 is 4.79 Å². The van der Waals surface area contributed by atoms with Crippen LogP contribution < -0.4 is 5.73 Å². The van der Waals surface area contributed by atoms with Crippen molar-refractivity contribution in [3.8, 4) is 0 Å². The van der Waals surface area contributed by atoms with Crippen LogP contribution in [0.25, 0.3) is 0 Å². The minimum atomic E-state index is -0.347. The second-order valence-corrected chi connectivity index (χ2v) is 5.40. The maximum absolute atomic E-state index is 11.7. The molecule has 1 aliphatic heterocycles. The van der Waals surface area contributed by atoms with Crippen molar-refractivity contribution in [1.29, 1.82) is 0 Å². The molecule has 0 aromatic heterocycles. The summed E-state index contributed by atoms with van der Waals surface area (Å²) < 4.78 is 0. The summed E-state index contributed by atoms with van der Waals surface area (Å²) in [7, 11) is 2.20. The van der Waals surface area contributed by atoms with E-state index < -0.39 is 0 Å². The Morgan fingerprint density at radius 3 is 2.75 bits per heavy atom. The lowest BCUT2D eigenvalue weighted by Crippen LogP contribution is -2.41. The predicted molar refractivity (Wildman–Crippen MR) is 64.0 cm³/mol. The number of likely N-dealkylation sites (tertiary alicyclic amines) is 1. The molecule has 4 heteroatoms. The average molecular weight is 225 g/mol. The van der Waals surface area contributed by atoms with Crippen LogP contribution in [0.1, 0.15) is 26.2 Å². The van der Waals surface area contributed by atoms with Crippen LogP contribution in [0.3, 0.4) is 0 Å². The monoisotopic (exact) mass is 225 g/mol.